The molecule has 0 fully saturated rings. The fraction of sp³-hybridized carbons (Fsp3) is 1.00. The van der Waals surface area contributed by atoms with E-state index >= 15 is 0 Å². The third-order valence-electron chi connectivity index (χ3n) is 2.53. The summed E-state index contributed by atoms with van der Waals surface area (Å²) in [5.74, 6) is 5.12. The maximum Gasteiger partial charge on any atom is 0.0604 e. The van der Waals surface area contributed by atoms with E-state index in [1.807, 2.05) is 0 Å². The maximum atomic E-state index is 5.38. The Balaban J connectivity index is 0. The molecule has 0 aliphatic rings. The van der Waals surface area contributed by atoms with E-state index in [4.69, 9.17) is 10.6 Å². The van der Waals surface area contributed by atoms with Gasteiger partial charge in [0.15, 0.2) is 0 Å². The zero-order valence-electron chi connectivity index (χ0n) is 10.7. The summed E-state index contributed by atoms with van der Waals surface area (Å²) >= 11 is 0. The summed E-state index contributed by atoms with van der Waals surface area (Å²) in [5, 5.41) is 0. The molecule has 0 amide bonds. The van der Waals surface area contributed by atoms with Crippen LogP contribution in [0.4, 0.5) is 0 Å². The molecule has 0 unspecified atom stereocenters. The Labute approximate surface area is 107 Å². The highest BCUT2D eigenvalue weighted by Crippen LogP contribution is 2.08. The number of rotatable bonds is 12. The summed E-state index contributed by atoms with van der Waals surface area (Å²) < 4.78 is 5.38. The van der Waals surface area contributed by atoms with E-state index in [9.17, 15) is 0 Å². The van der Waals surface area contributed by atoms with Crippen LogP contribution in [0.25, 0.3) is 0 Å². The zero-order chi connectivity index (χ0) is 11.2. The van der Waals surface area contributed by atoms with Crippen LogP contribution < -0.4 is 11.3 Å². The normalized spacial score (nSPS) is 10.1. The van der Waals surface area contributed by atoms with Gasteiger partial charge in [0.2, 0.25) is 0 Å². The number of halogens is 1. The molecule has 100 valence electrons. The van der Waals surface area contributed by atoms with Crippen molar-refractivity contribution >= 4 is 12.4 Å². The summed E-state index contributed by atoms with van der Waals surface area (Å²) in [5.41, 5.74) is 2.57. The van der Waals surface area contributed by atoms with Crippen molar-refractivity contribution < 1.29 is 4.74 Å². The lowest BCUT2D eigenvalue weighted by Gasteiger charge is -2.03. The van der Waals surface area contributed by atoms with E-state index < -0.39 is 0 Å². The third-order valence-corrected chi connectivity index (χ3v) is 2.53. The van der Waals surface area contributed by atoms with E-state index in [0.717, 1.165) is 19.8 Å². The first-order valence-corrected chi connectivity index (χ1v) is 6.43. The highest BCUT2D eigenvalue weighted by molar-refractivity contribution is 5.85. The number of hydrogen-bond donors (Lipinski definition) is 2. The average molecular weight is 253 g/mol. The lowest BCUT2D eigenvalue weighted by Crippen LogP contribution is -2.26. The van der Waals surface area contributed by atoms with Gasteiger partial charge >= 0.3 is 0 Å². The summed E-state index contributed by atoms with van der Waals surface area (Å²) in [4.78, 5) is 0. The maximum absolute atomic E-state index is 5.38. The average Bonchev–Trinajstić information content (AvgIpc) is 2.26. The van der Waals surface area contributed by atoms with Gasteiger partial charge in [0.1, 0.15) is 0 Å². The van der Waals surface area contributed by atoms with E-state index in [1.54, 1.807) is 0 Å². The minimum Gasteiger partial charge on any atom is -0.380 e. The van der Waals surface area contributed by atoms with Crippen LogP contribution in [0.3, 0.4) is 0 Å². The third kappa shape index (κ3) is 16.6. The number of nitrogens with two attached hydrogens (primary N) is 1. The fourth-order valence-corrected chi connectivity index (χ4v) is 1.57. The van der Waals surface area contributed by atoms with Crippen LogP contribution in [0.2, 0.25) is 0 Å². The van der Waals surface area contributed by atoms with Gasteiger partial charge in [-0.15, -0.1) is 12.4 Å². The van der Waals surface area contributed by atoms with Crippen LogP contribution in [0.5, 0.6) is 0 Å². The molecule has 0 heterocycles. The first-order valence-electron chi connectivity index (χ1n) is 6.43. The molecule has 3 N–H and O–H groups in total. The monoisotopic (exact) mass is 252 g/mol. The predicted octanol–water partition coefficient (Wildman–Crippen LogP) is 3.03. The van der Waals surface area contributed by atoms with E-state index in [-0.39, 0.29) is 12.4 Å². The van der Waals surface area contributed by atoms with Gasteiger partial charge in [0, 0.05) is 13.2 Å². The van der Waals surface area contributed by atoms with Gasteiger partial charge in [-0.3, -0.25) is 11.3 Å². The molecule has 0 aromatic carbocycles. The second kappa shape index (κ2) is 17.6. The van der Waals surface area contributed by atoms with Gasteiger partial charge in [0.05, 0.1) is 6.61 Å². The van der Waals surface area contributed by atoms with Crippen molar-refractivity contribution in [1.82, 2.24) is 5.43 Å². The predicted molar refractivity (Wildman–Crippen MR) is 72.9 cm³/mol. The molecule has 0 radical (unpaired) electrons. The van der Waals surface area contributed by atoms with Crippen LogP contribution >= 0.6 is 12.4 Å². The standard InChI is InChI=1S/C12H28N2O.ClH/c1-2-3-4-5-6-7-8-9-11-15-12-10-14-13;/h14H,2-13H2,1H3;1H. The Bertz CT molecular complexity index is 103. The lowest BCUT2D eigenvalue weighted by atomic mass is 10.1. The SMILES string of the molecule is CCCCCCCCCCOCCNN.Cl. The molecule has 0 aliphatic heterocycles. The minimum absolute atomic E-state index is 0. The van der Waals surface area contributed by atoms with Gasteiger partial charge < -0.3 is 4.74 Å². The molecule has 0 saturated heterocycles. The second-order valence-corrected chi connectivity index (χ2v) is 4.04. The Hall–Kier alpha value is 0.170. The van der Waals surface area contributed by atoms with E-state index in [1.165, 1.54) is 51.4 Å². The molecule has 0 atom stereocenters. The van der Waals surface area contributed by atoms with E-state index in [2.05, 4.69) is 12.3 Å². The Morgan fingerprint density at radius 2 is 1.44 bits per heavy atom. The highest BCUT2D eigenvalue weighted by atomic mass is 35.5. The Morgan fingerprint density at radius 3 is 2.00 bits per heavy atom. The lowest BCUT2D eigenvalue weighted by molar-refractivity contribution is 0.132. The molecule has 0 aromatic rings. The van der Waals surface area contributed by atoms with Crippen molar-refractivity contribution in [3.05, 3.63) is 0 Å². The molecular weight excluding hydrogens is 224 g/mol. The molecular formula is C12H29ClN2O. The number of ether oxygens (including phenoxy) is 1. The van der Waals surface area contributed by atoms with Crippen molar-refractivity contribution in [1.29, 1.82) is 0 Å². The highest BCUT2D eigenvalue weighted by Gasteiger charge is 1.91. The molecule has 0 saturated carbocycles. The summed E-state index contributed by atoms with van der Waals surface area (Å²) in [6.45, 7) is 4.62. The number of hydrazine groups is 1. The van der Waals surface area contributed by atoms with Crippen LogP contribution in [0.1, 0.15) is 58.3 Å². The quantitative estimate of drug-likeness (QED) is 0.319. The van der Waals surface area contributed by atoms with Gasteiger partial charge in [-0.25, -0.2) is 0 Å². The van der Waals surface area contributed by atoms with Crippen molar-refractivity contribution in [2.75, 3.05) is 19.8 Å². The van der Waals surface area contributed by atoms with Crippen molar-refractivity contribution in [2.45, 2.75) is 58.3 Å². The zero-order valence-corrected chi connectivity index (χ0v) is 11.5. The second-order valence-electron chi connectivity index (χ2n) is 4.04. The topological polar surface area (TPSA) is 47.3 Å². The molecule has 0 spiro atoms. The largest absolute Gasteiger partial charge is 0.380 e. The van der Waals surface area contributed by atoms with Crippen LogP contribution in [0.15, 0.2) is 0 Å². The summed E-state index contributed by atoms with van der Waals surface area (Å²) in [7, 11) is 0. The summed E-state index contributed by atoms with van der Waals surface area (Å²) in [6.07, 6.45) is 10.8. The van der Waals surface area contributed by atoms with Crippen molar-refractivity contribution in [2.24, 2.45) is 5.84 Å². The van der Waals surface area contributed by atoms with Gasteiger partial charge in [0.25, 0.3) is 0 Å². The first-order chi connectivity index (χ1) is 7.41. The molecule has 0 bridgehead atoms. The fourth-order valence-electron chi connectivity index (χ4n) is 1.57. The van der Waals surface area contributed by atoms with Crippen molar-refractivity contribution in [3.63, 3.8) is 0 Å². The minimum atomic E-state index is 0. The van der Waals surface area contributed by atoms with Crippen LogP contribution in [-0.4, -0.2) is 19.8 Å². The number of nitrogens with one attached hydrogen (secondary N) is 1. The first kappa shape index (κ1) is 18.5. The van der Waals surface area contributed by atoms with E-state index in [0.29, 0.717) is 0 Å². The van der Waals surface area contributed by atoms with Crippen LogP contribution in [0, 0.1) is 0 Å². The van der Waals surface area contributed by atoms with Crippen molar-refractivity contribution in [3.8, 4) is 0 Å². The molecule has 4 heteroatoms. The van der Waals surface area contributed by atoms with Gasteiger partial charge in [-0.1, -0.05) is 51.9 Å². The van der Waals surface area contributed by atoms with Gasteiger partial charge in [-0.2, -0.15) is 0 Å². The Kier molecular flexibility index (Phi) is 20.3. The molecule has 0 aromatic heterocycles. The smallest absolute Gasteiger partial charge is 0.0604 e. The number of unbranched alkanes of at least 4 members (excludes halogenated alkanes) is 7. The molecule has 0 rings (SSSR count). The van der Waals surface area contributed by atoms with Crippen LogP contribution in [-0.2, 0) is 4.74 Å². The van der Waals surface area contributed by atoms with Gasteiger partial charge in [-0.05, 0) is 6.42 Å². The number of hydrogen-bond acceptors (Lipinski definition) is 3. The molecule has 3 nitrogen and oxygen atoms in total. The molecule has 0 aliphatic carbocycles. The Morgan fingerprint density at radius 1 is 0.875 bits per heavy atom. The molecule has 16 heavy (non-hydrogen) atoms. The summed E-state index contributed by atoms with van der Waals surface area (Å²) in [6, 6.07) is 0.